The number of hydrogen-bond donors (Lipinski definition) is 2. The Kier molecular flexibility index (Phi) is 2.33. The first kappa shape index (κ1) is 11.8. The lowest BCUT2D eigenvalue weighted by Crippen LogP contribution is -2.24. The molecule has 0 aliphatic heterocycles. The number of nitrogens with zero attached hydrogens (tertiary/aromatic N) is 1. The van der Waals surface area contributed by atoms with Crippen LogP contribution >= 0.6 is 0 Å². The van der Waals surface area contributed by atoms with Crippen LogP contribution in [0.3, 0.4) is 0 Å². The fourth-order valence-corrected chi connectivity index (χ4v) is 3.31. The minimum atomic E-state index is 0.924. The van der Waals surface area contributed by atoms with Gasteiger partial charge in [-0.1, -0.05) is 42.5 Å². The van der Waals surface area contributed by atoms with E-state index in [1.165, 1.54) is 16.0 Å². The molecule has 22 heavy (non-hydrogen) atoms. The molecule has 4 aromatic rings. The molecule has 0 unspecified atom stereocenters. The summed E-state index contributed by atoms with van der Waals surface area (Å²) >= 11 is 0. The van der Waals surface area contributed by atoms with Crippen molar-refractivity contribution in [2.75, 3.05) is 0 Å². The van der Waals surface area contributed by atoms with Gasteiger partial charge in [-0.3, -0.25) is 0 Å². The first-order chi connectivity index (χ1) is 10.9. The monoisotopic (exact) mass is 285 g/mol. The Morgan fingerprint density at radius 2 is 1.73 bits per heavy atom. The molecule has 3 nitrogen and oxygen atoms in total. The van der Waals surface area contributed by atoms with Crippen LogP contribution in [0.5, 0.6) is 0 Å². The van der Waals surface area contributed by atoms with Gasteiger partial charge in [0.15, 0.2) is 0 Å². The van der Waals surface area contributed by atoms with E-state index in [-0.39, 0.29) is 0 Å². The zero-order chi connectivity index (χ0) is 14.5. The number of benzene rings is 2. The number of aromatic nitrogens is 3. The minimum Gasteiger partial charge on any atom is -0.355 e. The second-order valence-corrected chi connectivity index (χ2v) is 5.80. The van der Waals surface area contributed by atoms with Crippen molar-refractivity contribution in [3.8, 4) is 11.4 Å². The Morgan fingerprint density at radius 1 is 0.864 bits per heavy atom. The van der Waals surface area contributed by atoms with E-state index in [1.54, 1.807) is 0 Å². The number of imidazole rings is 1. The Morgan fingerprint density at radius 3 is 2.64 bits per heavy atom. The second kappa shape index (κ2) is 4.34. The van der Waals surface area contributed by atoms with Crippen molar-refractivity contribution in [2.45, 2.75) is 12.8 Å². The molecule has 0 saturated carbocycles. The van der Waals surface area contributed by atoms with Crippen LogP contribution in [0.25, 0.3) is 45.5 Å². The van der Waals surface area contributed by atoms with E-state index in [4.69, 9.17) is 4.98 Å². The van der Waals surface area contributed by atoms with Gasteiger partial charge < -0.3 is 9.97 Å². The molecule has 0 atom stereocenters. The first-order valence-electron chi connectivity index (χ1n) is 7.66. The summed E-state index contributed by atoms with van der Waals surface area (Å²) < 4.78 is 0. The molecule has 0 spiro atoms. The molecule has 2 heterocycles. The van der Waals surface area contributed by atoms with Crippen LogP contribution in [-0.4, -0.2) is 15.0 Å². The summed E-state index contributed by atoms with van der Waals surface area (Å²) in [6.45, 7) is 0. The van der Waals surface area contributed by atoms with Gasteiger partial charge in [0, 0.05) is 27.0 Å². The first-order valence-corrected chi connectivity index (χ1v) is 7.66. The van der Waals surface area contributed by atoms with E-state index >= 15 is 0 Å². The van der Waals surface area contributed by atoms with Gasteiger partial charge in [0.1, 0.15) is 5.82 Å². The summed E-state index contributed by atoms with van der Waals surface area (Å²) in [5, 5.41) is 3.86. The molecule has 0 amide bonds. The van der Waals surface area contributed by atoms with Crippen molar-refractivity contribution in [1.29, 1.82) is 0 Å². The molecular weight excluding hydrogens is 270 g/mol. The van der Waals surface area contributed by atoms with Crippen molar-refractivity contribution in [2.24, 2.45) is 0 Å². The molecule has 0 radical (unpaired) electrons. The van der Waals surface area contributed by atoms with Gasteiger partial charge >= 0.3 is 0 Å². The fraction of sp³-hybridized carbons (Fsp3) is 0.105. The number of hydrogen-bond acceptors (Lipinski definition) is 1. The van der Waals surface area contributed by atoms with Crippen molar-refractivity contribution < 1.29 is 0 Å². The van der Waals surface area contributed by atoms with Gasteiger partial charge in [0.2, 0.25) is 0 Å². The van der Waals surface area contributed by atoms with Gasteiger partial charge in [-0.25, -0.2) is 4.98 Å². The van der Waals surface area contributed by atoms with Crippen molar-refractivity contribution in [1.82, 2.24) is 15.0 Å². The molecule has 106 valence electrons. The van der Waals surface area contributed by atoms with E-state index < -0.39 is 0 Å². The third-order valence-corrected chi connectivity index (χ3v) is 4.38. The lowest BCUT2D eigenvalue weighted by Gasteiger charge is -1.94. The van der Waals surface area contributed by atoms with E-state index in [9.17, 15) is 0 Å². The average molecular weight is 285 g/mol. The molecule has 3 heteroatoms. The minimum absolute atomic E-state index is 0.924. The highest BCUT2D eigenvalue weighted by molar-refractivity contribution is 5.95. The normalized spacial score (nSPS) is 13.8. The van der Waals surface area contributed by atoms with Crippen LogP contribution in [0.2, 0.25) is 0 Å². The average Bonchev–Trinajstić information content (AvgIpc) is 3.14. The lowest BCUT2D eigenvalue weighted by atomic mass is 10.1. The Labute approximate surface area is 127 Å². The Bertz CT molecular complexity index is 1110. The SMILES string of the molecule is C1=c2[nH]c3cc4nc(-c5ccccc5)[nH]c4cc3c2=CCC1. The lowest BCUT2D eigenvalue weighted by molar-refractivity contribution is 1.11. The number of fused-ring (bicyclic) bond motifs is 4. The van der Waals surface area contributed by atoms with Crippen LogP contribution in [0, 0.1) is 0 Å². The van der Waals surface area contributed by atoms with Crippen molar-refractivity contribution in [3.05, 3.63) is 53.0 Å². The topological polar surface area (TPSA) is 44.5 Å². The van der Waals surface area contributed by atoms with E-state index in [0.717, 1.165) is 40.8 Å². The molecule has 0 saturated heterocycles. The van der Waals surface area contributed by atoms with Crippen LogP contribution in [0.4, 0.5) is 0 Å². The summed E-state index contributed by atoms with van der Waals surface area (Å²) in [6, 6.07) is 14.6. The number of rotatable bonds is 1. The maximum Gasteiger partial charge on any atom is 0.138 e. The highest BCUT2D eigenvalue weighted by Crippen LogP contribution is 2.22. The predicted molar refractivity (Wildman–Crippen MR) is 90.8 cm³/mol. The van der Waals surface area contributed by atoms with Crippen LogP contribution in [0.15, 0.2) is 42.5 Å². The molecule has 5 rings (SSSR count). The van der Waals surface area contributed by atoms with Crippen molar-refractivity contribution >= 4 is 34.1 Å². The Balaban J connectivity index is 1.81. The summed E-state index contributed by atoms with van der Waals surface area (Å²) in [5.41, 5.74) is 4.37. The Hall–Kier alpha value is -2.81. The van der Waals surface area contributed by atoms with Gasteiger partial charge in [-0.05, 0) is 25.0 Å². The highest BCUT2D eigenvalue weighted by Gasteiger charge is 2.09. The zero-order valence-corrected chi connectivity index (χ0v) is 12.1. The molecule has 2 aromatic carbocycles. The molecule has 1 aliphatic carbocycles. The largest absolute Gasteiger partial charge is 0.355 e. The maximum atomic E-state index is 4.74. The summed E-state index contributed by atoms with van der Waals surface area (Å²) in [7, 11) is 0. The second-order valence-electron chi connectivity index (χ2n) is 5.80. The van der Waals surface area contributed by atoms with Gasteiger partial charge in [-0.15, -0.1) is 0 Å². The molecule has 2 N–H and O–H groups in total. The van der Waals surface area contributed by atoms with E-state index in [1.807, 2.05) is 18.2 Å². The smallest absolute Gasteiger partial charge is 0.138 e. The number of nitrogens with one attached hydrogen (secondary N) is 2. The van der Waals surface area contributed by atoms with Gasteiger partial charge in [0.25, 0.3) is 0 Å². The molecule has 0 bridgehead atoms. The highest BCUT2D eigenvalue weighted by atomic mass is 14.9. The third-order valence-electron chi connectivity index (χ3n) is 4.38. The van der Waals surface area contributed by atoms with E-state index in [2.05, 4.69) is 46.4 Å². The summed E-state index contributed by atoms with van der Waals surface area (Å²) in [5.74, 6) is 0.924. The maximum absolute atomic E-state index is 4.74. The quantitative estimate of drug-likeness (QED) is 0.554. The number of H-pyrrole nitrogens is 2. The molecule has 0 fully saturated rings. The zero-order valence-electron chi connectivity index (χ0n) is 12.1. The van der Waals surface area contributed by atoms with Crippen LogP contribution in [-0.2, 0) is 0 Å². The molecule has 1 aliphatic rings. The van der Waals surface area contributed by atoms with Crippen LogP contribution < -0.4 is 10.6 Å². The number of aromatic amines is 2. The standard InChI is InChI=1S/C19H15N3/c1-2-6-12(7-3-1)19-21-17-10-14-13-8-4-5-9-15(13)20-16(14)11-18(17)22-19/h1-3,6-11,20H,4-5H2,(H,21,22). The fourth-order valence-electron chi connectivity index (χ4n) is 3.31. The molecular formula is C19H15N3. The van der Waals surface area contributed by atoms with Gasteiger partial charge in [-0.2, -0.15) is 0 Å². The van der Waals surface area contributed by atoms with E-state index in [0.29, 0.717) is 0 Å². The third kappa shape index (κ3) is 1.65. The van der Waals surface area contributed by atoms with Crippen molar-refractivity contribution in [3.63, 3.8) is 0 Å². The summed E-state index contributed by atoms with van der Waals surface area (Å²) in [6.07, 6.45) is 6.85. The predicted octanol–water partition coefficient (Wildman–Crippen LogP) is 3.07. The van der Waals surface area contributed by atoms with Gasteiger partial charge in [0.05, 0.1) is 11.0 Å². The summed E-state index contributed by atoms with van der Waals surface area (Å²) in [4.78, 5) is 11.7. The van der Waals surface area contributed by atoms with Crippen LogP contribution in [0.1, 0.15) is 12.8 Å². The molecule has 2 aromatic heterocycles.